The fourth-order valence-electron chi connectivity index (χ4n) is 1.77. The highest BCUT2D eigenvalue weighted by molar-refractivity contribution is 8.01. The molecule has 1 aliphatic rings. The van der Waals surface area contributed by atoms with Crippen molar-refractivity contribution in [3.8, 4) is 0 Å². The van der Waals surface area contributed by atoms with Crippen molar-refractivity contribution in [2.24, 2.45) is 0 Å². The van der Waals surface area contributed by atoms with Crippen molar-refractivity contribution in [2.45, 2.75) is 23.0 Å². The quantitative estimate of drug-likeness (QED) is 0.703. The van der Waals surface area contributed by atoms with E-state index in [4.69, 9.17) is 5.11 Å². The lowest BCUT2D eigenvalue weighted by Crippen LogP contribution is -2.35. The minimum Gasteiger partial charge on any atom is -0.396 e. The van der Waals surface area contributed by atoms with Gasteiger partial charge >= 0.3 is 0 Å². The summed E-state index contributed by atoms with van der Waals surface area (Å²) in [5.41, 5.74) is 0.800. The van der Waals surface area contributed by atoms with E-state index in [9.17, 15) is 9.59 Å². The van der Waals surface area contributed by atoms with Gasteiger partial charge in [0, 0.05) is 24.5 Å². The number of aliphatic hydroxyl groups excluding tert-OH is 1. The summed E-state index contributed by atoms with van der Waals surface area (Å²) in [5.74, 6) is -0.304. The first-order chi connectivity index (χ1) is 9.20. The SMILES string of the molecule is O=C(CC1Sc2ccccc2NC1=O)NCCCO. The molecule has 5 nitrogen and oxygen atoms in total. The molecule has 0 spiro atoms. The number of thioether (sulfide) groups is 1. The number of carbonyl (C=O) groups excluding carboxylic acids is 2. The third kappa shape index (κ3) is 3.71. The Hall–Kier alpha value is -1.53. The molecule has 1 aromatic rings. The Morgan fingerprint density at radius 1 is 1.42 bits per heavy atom. The van der Waals surface area contributed by atoms with Crippen molar-refractivity contribution in [2.75, 3.05) is 18.5 Å². The largest absolute Gasteiger partial charge is 0.396 e. The molecule has 1 aliphatic heterocycles. The van der Waals surface area contributed by atoms with Gasteiger partial charge in [-0.2, -0.15) is 0 Å². The van der Waals surface area contributed by atoms with Gasteiger partial charge in [-0.05, 0) is 18.6 Å². The van der Waals surface area contributed by atoms with Crippen molar-refractivity contribution in [3.63, 3.8) is 0 Å². The number of carbonyl (C=O) groups is 2. The predicted molar refractivity (Wildman–Crippen MR) is 74.0 cm³/mol. The van der Waals surface area contributed by atoms with Crippen LogP contribution in [0.2, 0.25) is 0 Å². The zero-order valence-corrected chi connectivity index (χ0v) is 11.2. The van der Waals surface area contributed by atoms with Crippen LogP contribution in [0.15, 0.2) is 29.2 Å². The second-order valence-corrected chi connectivity index (χ2v) is 5.47. The molecule has 0 radical (unpaired) electrons. The van der Waals surface area contributed by atoms with E-state index < -0.39 is 5.25 Å². The Kier molecular flexibility index (Phi) is 4.81. The molecule has 1 heterocycles. The Morgan fingerprint density at radius 3 is 3.00 bits per heavy atom. The minimum absolute atomic E-state index is 0.0479. The Bertz CT molecular complexity index is 479. The molecular formula is C13H16N2O3S. The maximum atomic E-state index is 11.9. The number of amides is 2. The molecule has 6 heteroatoms. The highest BCUT2D eigenvalue weighted by Crippen LogP contribution is 2.36. The first kappa shape index (κ1) is 13.9. The molecule has 0 aliphatic carbocycles. The smallest absolute Gasteiger partial charge is 0.238 e. The number of anilines is 1. The lowest BCUT2D eigenvalue weighted by molar-refractivity contribution is -0.124. The molecular weight excluding hydrogens is 264 g/mol. The first-order valence-corrected chi connectivity index (χ1v) is 7.03. The van der Waals surface area contributed by atoms with Gasteiger partial charge in [-0.25, -0.2) is 0 Å². The minimum atomic E-state index is -0.399. The summed E-state index contributed by atoms with van der Waals surface area (Å²) in [6, 6.07) is 7.54. The molecule has 19 heavy (non-hydrogen) atoms. The van der Waals surface area contributed by atoms with Gasteiger partial charge in [-0.15, -0.1) is 11.8 Å². The highest BCUT2D eigenvalue weighted by Gasteiger charge is 2.28. The summed E-state index contributed by atoms with van der Waals surface area (Å²) >= 11 is 1.41. The lowest BCUT2D eigenvalue weighted by atomic mass is 10.2. The number of nitrogens with one attached hydrogen (secondary N) is 2. The molecule has 1 unspecified atom stereocenters. The van der Waals surface area contributed by atoms with E-state index in [1.165, 1.54) is 11.8 Å². The third-order valence-corrected chi connectivity index (χ3v) is 4.01. The monoisotopic (exact) mass is 280 g/mol. The Labute approximate surface area is 115 Å². The normalized spacial score (nSPS) is 17.5. The van der Waals surface area contributed by atoms with Gasteiger partial charge in [0.25, 0.3) is 0 Å². The topological polar surface area (TPSA) is 78.4 Å². The number of benzene rings is 1. The summed E-state index contributed by atoms with van der Waals surface area (Å²) in [7, 11) is 0. The molecule has 0 saturated heterocycles. The molecule has 1 atom stereocenters. The van der Waals surface area contributed by atoms with Crippen molar-refractivity contribution in [1.29, 1.82) is 0 Å². The van der Waals surface area contributed by atoms with E-state index in [0.29, 0.717) is 13.0 Å². The summed E-state index contributed by atoms with van der Waals surface area (Å²) in [4.78, 5) is 24.5. The zero-order chi connectivity index (χ0) is 13.7. The van der Waals surface area contributed by atoms with Crippen LogP contribution in [-0.4, -0.2) is 35.3 Å². The van der Waals surface area contributed by atoms with E-state index in [0.717, 1.165) is 10.6 Å². The van der Waals surface area contributed by atoms with Crippen molar-refractivity contribution in [1.82, 2.24) is 5.32 Å². The van der Waals surface area contributed by atoms with Gasteiger partial charge in [0.15, 0.2) is 0 Å². The lowest BCUT2D eigenvalue weighted by Gasteiger charge is -2.23. The third-order valence-electron chi connectivity index (χ3n) is 2.73. The van der Waals surface area contributed by atoms with Crippen LogP contribution >= 0.6 is 11.8 Å². The molecule has 102 valence electrons. The summed E-state index contributed by atoms with van der Waals surface area (Å²) in [6.07, 6.45) is 0.675. The molecule has 2 amide bonds. The standard InChI is InChI=1S/C13H16N2O3S/c16-7-3-6-14-12(17)8-11-13(18)15-9-4-1-2-5-10(9)19-11/h1-2,4-5,11,16H,3,6-8H2,(H,14,17)(H,15,18). The molecule has 0 aromatic heterocycles. The van der Waals surface area contributed by atoms with Gasteiger partial charge in [-0.1, -0.05) is 12.1 Å². The Balaban J connectivity index is 1.92. The zero-order valence-electron chi connectivity index (χ0n) is 10.4. The van der Waals surface area contributed by atoms with Crippen LogP contribution in [0, 0.1) is 0 Å². The van der Waals surface area contributed by atoms with Gasteiger partial charge in [-0.3, -0.25) is 9.59 Å². The maximum absolute atomic E-state index is 11.9. The van der Waals surface area contributed by atoms with Gasteiger partial charge < -0.3 is 15.7 Å². The Morgan fingerprint density at radius 2 is 2.21 bits per heavy atom. The van der Waals surface area contributed by atoms with Crippen LogP contribution in [-0.2, 0) is 9.59 Å². The molecule has 2 rings (SSSR count). The van der Waals surface area contributed by atoms with Crippen molar-refractivity contribution >= 4 is 29.3 Å². The molecule has 0 fully saturated rings. The number of para-hydroxylation sites is 1. The molecule has 0 saturated carbocycles. The summed E-state index contributed by atoms with van der Waals surface area (Å²) < 4.78 is 0. The van der Waals surface area contributed by atoms with E-state index in [1.54, 1.807) is 0 Å². The fourth-order valence-corrected chi connectivity index (χ4v) is 2.88. The van der Waals surface area contributed by atoms with Crippen LogP contribution in [0.5, 0.6) is 0 Å². The number of fused-ring (bicyclic) bond motifs is 1. The van der Waals surface area contributed by atoms with Crippen LogP contribution in [0.4, 0.5) is 5.69 Å². The van der Waals surface area contributed by atoms with Crippen LogP contribution < -0.4 is 10.6 Å². The number of aliphatic hydroxyl groups is 1. The average Bonchev–Trinajstić information content (AvgIpc) is 2.40. The summed E-state index contributed by atoms with van der Waals surface area (Å²) in [5, 5.41) is 13.7. The van der Waals surface area contributed by atoms with Gasteiger partial charge in [0.2, 0.25) is 11.8 Å². The van der Waals surface area contributed by atoms with E-state index in [1.807, 2.05) is 24.3 Å². The highest BCUT2D eigenvalue weighted by atomic mass is 32.2. The van der Waals surface area contributed by atoms with Crippen LogP contribution in [0.25, 0.3) is 0 Å². The first-order valence-electron chi connectivity index (χ1n) is 6.15. The predicted octanol–water partition coefficient (Wildman–Crippen LogP) is 0.988. The van der Waals surface area contributed by atoms with E-state index in [2.05, 4.69) is 10.6 Å². The van der Waals surface area contributed by atoms with Crippen molar-refractivity contribution in [3.05, 3.63) is 24.3 Å². The number of rotatable bonds is 5. The molecule has 3 N–H and O–H groups in total. The fraction of sp³-hybridized carbons (Fsp3) is 0.385. The summed E-state index contributed by atoms with van der Waals surface area (Å²) in [6.45, 7) is 0.483. The van der Waals surface area contributed by atoms with E-state index >= 15 is 0 Å². The maximum Gasteiger partial charge on any atom is 0.238 e. The molecule has 1 aromatic carbocycles. The van der Waals surface area contributed by atoms with Crippen LogP contribution in [0.1, 0.15) is 12.8 Å². The number of hydrogen-bond donors (Lipinski definition) is 3. The van der Waals surface area contributed by atoms with Crippen molar-refractivity contribution < 1.29 is 14.7 Å². The van der Waals surface area contributed by atoms with Gasteiger partial charge in [0.1, 0.15) is 0 Å². The van der Waals surface area contributed by atoms with Crippen LogP contribution in [0.3, 0.4) is 0 Å². The molecule has 0 bridgehead atoms. The van der Waals surface area contributed by atoms with Gasteiger partial charge in [0.05, 0.1) is 10.9 Å². The second-order valence-electron chi connectivity index (χ2n) is 4.22. The number of hydrogen-bond acceptors (Lipinski definition) is 4. The average molecular weight is 280 g/mol. The van der Waals surface area contributed by atoms with E-state index in [-0.39, 0.29) is 24.8 Å². The second kappa shape index (κ2) is 6.58.